The maximum absolute atomic E-state index is 12.9. The van der Waals surface area contributed by atoms with E-state index in [0.29, 0.717) is 49.8 Å². The number of piperidine rings is 2. The first-order valence-corrected chi connectivity index (χ1v) is 13.4. The fourth-order valence-electron chi connectivity index (χ4n) is 4.58. The van der Waals surface area contributed by atoms with E-state index in [2.05, 4.69) is 12.2 Å². The Hall–Kier alpha value is -2.71. The first-order valence-electron chi connectivity index (χ1n) is 12.0. The maximum Gasteiger partial charge on any atom is 0.253 e. The van der Waals surface area contributed by atoms with Crippen LogP contribution in [0.3, 0.4) is 0 Å². The van der Waals surface area contributed by atoms with E-state index in [0.717, 1.165) is 24.8 Å². The number of nitrogens with one attached hydrogen (secondary N) is 1. The van der Waals surface area contributed by atoms with Crippen LogP contribution in [-0.4, -0.2) is 55.6 Å². The summed E-state index contributed by atoms with van der Waals surface area (Å²) in [4.78, 5) is 27.7. The zero-order valence-electron chi connectivity index (χ0n) is 19.9. The minimum atomic E-state index is -3.52. The first kappa shape index (κ1) is 24.4. The highest BCUT2D eigenvalue weighted by atomic mass is 32.2. The third kappa shape index (κ3) is 5.50. The molecule has 2 saturated heterocycles. The molecular weight excluding hydrogens is 450 g/mol. The topological polar surface area (TPSA) is 86.8 Å². The van der Waals surface area contributed by atoms with Crippen LogP contribution in [0.25, 0.3) is 0 Å². The molecule has 2 aromatic carbocycles. The molecule has 2 aliphatic heterocycles. The lowest BCUT2D eigenvalue weighted by atomic mass is 9.96. The van der Waals surface area contributed by atoms with Crippen LogP contribution >= 0.6 is 0 Å². The summed E-state index contributed by atoms with van der Waals surface area (Å²) in [6.45, 7) is 6.22. The summed E-state index contributed by atoms with van der Waals surface area (Å²) in [6, 6.07) is 13.8. The highest BCUT2D eigenvalue weighted by molar-refractivity contribution is 7.89. The van der Waals surface area contributed by atoms with Gasteiger partial charge in [-0.3, -0.25) is 9.59 Å². The number of hydrogen-bond donors (Lipinski definition) is 1. The Morgan fingerprint density at radius 3 is 2.21 bits per heavy atom. The van der Waals surface area contributed by atoms with Crippen molar-refractivity contribution in [2.75, 3.05) is 31.5 Å². The van der Waals surface area contributed by atoms with Crippen molar-refractivity contribution in [2.24, 2.45) is 11.8 Å². The summed E-state index contributed by atoms with van der Waals surface area (Å²) in [5, 5.41) is 2.90. The van der Waals surface area contributed by atoms with Gasteiger partial charge in [-0.05, 0) is 74.9 Å². The van der Waals surface area contributed by atoms with Crippen LogP contribution in [-0.2, 0) is 14.8 Å². The van der Waals surface area contributed by atoms with Crippen LogP contribution in [0, 0.1) is 18.8 Å². The lowest BCUT2D eigenvalue weighted by Crippen LogP contribution is -2.43. The minimum absolute atomic E-state index is 0.0563. The van der Waals surface area contributed by atoms with E-state index >= 15 is 0 Å². The van der Waals surface area contributed by atoms with E-state index in [1.807, 2.05) is 31.2 Å². The van der Waals surface area contributed by atoms with Gasteiger partial charge in [0.15, 0.2) is 0 Å². The van der Waals surface area contributed by atoms with E-state index in [-0.39, 0.29) is 22.6 Å². The molecule has 0 aliphatic carbocycles. The second-order valence-electron chi connectivity index (χ2n) is 9.56. The van der Waals surface area contributed by atoms with Gasteiger partial charge in [-0.25, -0.2) is 8.42 Å². The van der Waals surface area contributed by atoms with Crippen molar-refractivity contribution < 1.29 is 18.0 Å². The van der Waals surface area contributed by atoms with Crippen LogP contribution in [0.1, 0.15) is 48.5 Å². The number of amides is 2. The maximum atomic E-state index is 12.9. The number of sulfonamides is 1. The van der Waals surface area contributed by atoms with E-state index in [9.17, 15) is 18.0 Å². The number of carbonyl (C=O) groups excluding carboxylic acids is 2. The standard InChI is InChI=1S/C26H33N3O4S/c1-19-5-7-21(8-6-19)26(31)28-15-3-4-22(18-28)25(30)27-23-9-11-24(12-10-23)34(32,33)29-16-13-20(2)14-17-29/h5-12,20,22H,3-4,13-18H2,1-2H3,(H,27,30). The normalized spacial score (nSPS) is 20.2. The third-order valence-electron chi connectivity index (χ3n) is 6.88. The second-order valence-corrected chi connectivity index (χ2v) is 11.5. The molecule has 1 atom stereocenters. The highest BCUT2D eigenvalue weighted by Crippen LogP contribution is 2.25. The summed E-state index contributed by atoms with van der Waals surface area (Å²) < 4.78 is 27.4. The number of nitrogens with zero attached hydrogens (tertiary/aromatic N) is 2. The Bertz CT molecular complexity index is 1120. The minimum Gasteiger partial charge on any atom is -0.338 e. The lowest BCUT2D eigenvalue weighted by molar-refractivity contribution is -0.121. The molecular formula is C26H33N3O4S. The smallest absolute Gasteiger partial charge is 0.253 e. The number of likely N-dealkylation sites (tertiary alicyclic amines) is 1. The van der Waals surface area contributed by atoms with Crippen LogP contribution in [0.5, 0.6) is 0 Å². The van der Waals surface area contributed by atoms with Gasteiger partial charge in [0.2, 0.25) is 15.9 Å². The van der Waals surface area contributed by atoms with E-state index in [4.69, 9.17) is 0 Å². The van der Waals surface area contributed by atoms with Crippen LogP contribution < -0.4 is 5.32 Å². The van der Waals surface area contributed by atoms with Gasteiger partial charge >= 0.3 is 0 Å². The van der Waals surface area contributed by atoms with Gasteiger partial charge in [-0.15, -0.1) is 0 Å². The molecule has 2 amide bonds. The predicted molar refractivity (Wildman–Crippen MR) is 132 cm³/mol. The molecule has 2 aromatic rings. The molecule has 182 valence electrons. The lowest BCUT2D eigenvalue weighted by Gasteiger charge is -2.32. The van der Waals surface area contributed by atoms with Crippen molar-refractivity contribution in [1.29, 1.82) is 0 Å². The van der Waals surface area contributed by atoms with Crippen LogP contribution in [0.2, 0.25) is 0 Å². The Balaban J connectivity index is 1.36. The van der Waals surface area contributed by atoms with Gasteiger partial charge in [0.25, 0.3) is 5.91 Å². The molecule has 7 nitrogen and oxygen atoms in total. The van der Waals surface area contributed by atoms with Crippen molar-refractivity contribution in [2.45, 2.75) is 44.4 Å². The monoisotopic (exact) mass is 483 g/mol. The van der Waals surface area contributed by atoms with Crippen molar-refractivity contribution >= 4 is 27.5 Å². The molecule has 1 N–H and O–H groups in total. The van der Waals surface area contributed by atoms with Gasteiger partial charge in [0.1, 0.15) is 0 Å². The fourth-order valence-corrected chi connectivity index (χ4v) is 6.05. The Morgan fingerprint density at radius 2 is 1.56 bits per heavy atom. The molecule has 2 fully saturated rings. The highest BCUT2D eigenvalue weighted by Gasteiger charge is 2.30. The van der Waals surface area contributed by atoms with Crippen molar-refractivity contribution in [1.82, 2.24) is 9.21 Å². The largest absolute Gasteiger partial charge is 0.338 e. The zero-order valence-corrected chi connectivity index (χ0v) is 20.7. The van der Waals surface area contributed by atoms with E-state index in [1.54, 1.807) is 33.5 Å². The van der Waals surface area contributed by atoms with Crippen LogP contribution in [0.15, 0.2) is 53.4 Å². The molecule has 2 heterocycles. The summed E-state index contributed by atoms with van der Waals surface area (Å²) in [6.07, 6.45) is 3.22. The number of aryl methyl sites for hydroxylation is 1. The number of benzene rings is 2. The van der Waals surface area contributed by atoms with Gasteiger partial charge in [-0.1, -0.05) is 24.6 Å². The second kappa shape index (κ2) is 10.3. The first-order chi connectivity index (χ1) is 16.2. The molecule has 0 radical (unpaired) electrons. The van der Waals surface area contributed by atoms with Crippen molar-refractivity contribution in [3.63, 3.8) is 0 Å². The summed E-state index contributed by atoms with van der Waals surface area (Å²) in [5.41, 5.74) is 2.28. The number of carbonyl (C=O) groups is 2. The van der Waals surface area contributed by atoms with E-state index < -0.39 is 10.0 Å². The molecule has 8 heteroatoms. The molecule has 0 bridgehead atoms. The predicted octanol–water partition coefficient (Wildman–Crippen LogP) is 3.91. The average molecular weight is 484 g/mol. The summed E-state index contributed by atoms with van der Waals surface area (Å²) >= 11 is 0. The molecule has 2 aliphatic rings. The Morgan fingerprint density at radius 1 is 0.912 bits per heavy atom. The summed E-state index contributed by atoms with van der Waals surface area (Å²) in [5.74, 6) is 0.0371. The molecule has 0 spiro atoms. The van der Waals surface area contributed by atoms with Gasteiger partial charge in [-0.2, -0.15) is 4.31 Å². The molecule has 4 rings (SSSR count). The van der Waals surface area contributed by atoms with Crippen LogP contribution in [0.4, 0.5) is 5.69 Å². The summed E-state index contributed by atoms with van der Waals surface area (Å²) in [7, 11) is -3.52. The van der Waals surface area contributed by atoms with E-state index in [1.165, 1.54) is 0 Å². The van der Waals surface area contributed by atoms with Gasteiger partial charge < -0.3 is 10.2 Å². The molecule has 0 aromatic heterocycles. The van der Waals surface area contributed by atoms with Gasteiger partial charge in [0.05, 0.1) is 10.8 Å². The SMILES string of the molecule is Cc1ccc(C(=O)N2CCCC(C(=O)Nc3ccc(S(=O)(=O)N4CCC(C)CC4)cc3)C2)cc1. The third-order valence-corrected chi connectivity index (χ3v) is 8.79. The number of anilines is 1. The molecule has 1 unspecified atom stereocenters. The molecule has 34 heavy (non-hydrogen) atoms. The van der Waals surface area contributed by atoms with Crippen molar-refractivity contribution in [3.05, 3.63) is 59.7 Å². The number of rotatable bonds is 5. The Kier molecular flexibility index (Phi) is 7.38. The van der Waals surface area contributed by atoms with Gasteiger partial charge in [0, 0.05) is 37.4 Å². The van der Waals surface area contributed by atoms with Crippen molar-refractivity contribution in [3.8, 4) is 0 Å². The fraction of sp³-hybridized carbons (Fsp3) is 0.462. The molecule has 0 saturated carbocycles. The average Bonchev–Trinajstić information content (AvgIpc) is 2.85. The zero-order chi connectivity index (χ0) is 24.3. The Labute approximate surface area is 202 Å². The quantitative estimate of drug-likeness (QED) is 0.699. The number of hydrogen-bond acceptors (Lipinski definition) is 4.